The van der Waals surface area contributed by atoms with Crippen LogP contribution in [0.1, 0.15) is 38.5 Å². The van der Waals surface area contributed by atoms with Crippen LogP contribution in [0.2, 0.25) is 5.02 Å². The lowest BCUT2D eigenvalue weighted by Crippen LogP contribution is -2.54. The van der Waals surface area contributed by atoms with Gasteiger partial charge < -0.3 is 9.47 Å². The maximum atomic E-state index is 14.4. The first-order valence-electron chi connectivity index (χ1n) is 13.6. The second-order valence-corrected chi connectivity index (χ2v) is 11.2. The molecule has 0 saturated carbocycles. The van der Waals surface area contributed by atoms with E-state index >= 15 is 0 Å². The fourth-order valence-corrected chi connectivity index (χ4v) is 7.44. The molecule has 9 rings (SSSR count). The van der Waals surface area contributed by atoms with Gasteiger partial charge in [-0.05, 0) is 52.6 Å². The van der Waals surface area contributed by atoms with Gasteiger partial charge in [-0.15, -0.1) is 0 Å². The van der Waals surface area contributed by atoms with Gasteiger partial charge in [0.05, 0.1) is 28.0 Å². The number of carbonyl (C=O) groups excluding carboxylic acids is 3. The van der Waals surface area contributed by atoms with E-state index in [1.54, 1.807) is 48.7 Å². The fourth-order valence-electron chi connectivity index (χ4n) is 7.22. The predicted molar refractivity (Wildman–Crippen MR) is 155 cm³/mol. The molecule has 2 aliphatic heterocycles. The minimum atomic E-state index is -1.11. The Balaban J connectivity index is 1.27. The molecule has 0 aromatic heterocycles. The van der Waals surface area contributed by atoms with Gasteiger partial charge in [-0.2, -0.15) is 5.10 Å². The zero-order valence-electron chi connectivity index (χ0n) is 22.0. The number of imide groups is 1. The van der Waals surface area contributed by atoms with E-state index < -0.39 is 23.2 Å². The third-order valence-electron chi connectivity index (χ3n) is 8.85. The summed E-state index contributed by atoms with van der Waals surface area (Å²) in [5.74, 6) is -1.82. The van der Waals surface area contributed by atoms with Gasteiger partial charge in [0.25, 0.3) is 5.91 Å². The van der Waals surface area contributed by atoms with Crippen LogP contribution in [0.3, 0.4) is 0 Å². The number of nitrogens with zero attached hydrogens (tertiary/aromatic N) is 2. The van der Waals surface area contributed by atoms with Crippen molar-refractivity contribution in [2.45, 2.75) is 11.3 Å². The van der Waals surface area contributed by atoms with Crippen LogP contribution in [-0.4, -0.2) is 30.7 Å². The Bertz CT molecular complexity index is 1820. The van der Waals surface area contributed by atoms with Crippen LogP contribution in [-0.2, 0) is 15.0 Å². The molecule has 206 valence electrons. The Kier molecular flexibility index (Phi) is 5.33. The maximum absolute atomic E-state index is 14.4. The van der Waals surface area contributed by atoms with Crippen molar-refractivity contribution in [2.75, 3.05) is 11.7 Å². The van der Waals surface area contributed by atoms with Crippen LogP contribution in [0.4, 0.5) is 5.69 Å². The smallest absolute Gasteiger partial charge is 0.271 e. The van der Waals surface area contributed by atoms with E-state index in [4.69, 9.17) is 21.1 Å². The quantitative estimate of drug-likeness (QED) is 0.209. The monoisotopic (exact) mass is 575 g/mol. The lowest BCUT2D eigenvalue weighted by Gasteiger charge is -2.52. The van der Waals surface area contributed by atoms with Crippen LogP contribution >= 0.6 is 11.6 Å². The van der Waals surface area contributed by atoms with Gasteiger partial charge in [-0.3, -0.25) is 14.4 Å². The molecule has 5 aliphatic rings. The van der Waals surface area contributed by atoms with Crippen molar-refractivity contribution in [3.63, 3.8) is 0 Å². The lowest BCUT2D eigenvalue weighted by molar-refractivity contribution is -0.122. The third kappa shape index (κ3) is 3.24. The van der Waals surface area contributed by atoms with Crippen molar-refractivity contribution in [1.82, 2.24) is 5.43 Å². The third-order valence-corrected chi connectivity index (χ3v) is 9.17. The summed E-state index contributed by atoms with van der Waals surface area (Å²) in [5, 5.41) is 4.78. The molecule has 1 saturated heterocycles. The number of benzene rings is 4. The summed E-state index contributed by atoms with van der Waals surface area (Å²) >= 11 is 6.51. The molecule has 2 bridgehead atoms. The molecule has 2 heterocycles. The molecule has 9 heteroatoms. The number of para-hydroxylation sites is 1. The molecule has 8 nitrogen and oxygen atoms in total. The number of hydrogen-bond donors (Lipinski definition) is 1. The lowest BCUT2D eigenvalue weighted by atomic mass is 9.47. The molecule has 1 fully saturated rings. The van der Waals surface area contributed by atoms with Crippen molar-refractivity contribution in [2.24, 2.45) is 16.9 Å². The van der Waals surface area contributed by atoms with Crippen LogP contribution in [0.5, 0.6) is 11.5 Å². The first-order chi connectivity index (χ1) is 20.5. The summed E-state index contributed by atoms with van der Waals surface area (Å²) in [6.45, 7) is 0.0986. The normalized spacial score (nSPS) is 24.5. The van der Waals surface area contributed by atoms with E-state index in [0.717, 1.165) is 22.3 Å². The molecule has 3 aliphatic carbocycles. The van der Waals surface area contributed by atoms with Gasteiger partial charge >= 0.3 is 0 Å². The van der Waals surface area contributed by atoms with Crippen LogP contribution in [0, 0.1) is 11.8 Å². The van der Waals surface area contributed by atoms with Gasteiger partial charge in [-0.25, -0.2) is 10.3 Å². The topological polar surface area (TPSA) is 97.3 Å². The number of carbonyl (C=O) groups is 3. The molecule has 2 unspecified atom stereocenters. The molecule has 4 aromatic carbocycles. The van der Waals surface area contributed by atoms with Crippen molar-refractivity contribution in [3.8, 4) is 11.5 Å². The number of nitrogens with one attached hydrogen (secondary N) is 1. The van der Waals surface area contributed by atoms with E-state index in [0.29, 0.717) is 27.8 Å². The molecule has 42 heavy (non-hydrogen) atoms. The number of hydrazone groups is 1. The Labute approximate surface area is 245 Å². The zero-order chi connectivity index (χ0) is 28.6. The summed E-state index contributed by atoms with van der Waals surface area (Å²) in [7, 11) is 0. The van der Waals surface area contributed by atoms with E-state index in [-0.39, 0.29) is 24.5 Å². The minimum Gasteiger partial charge on any atom is -0.454 e. The number of amides is 3. The highest BCUT2D eigenvalue weighted by atomic mass is 35.5. The molecular weight excluding hydrogens is 554 g/mol. The first-order valence-corrected chi connectivity index (χ1v) is 13.9. The average Bonchev–Trinajstić information content (AvgIpc) is 3.60. The number of rotatable bonds is 4. The van der Waals surface area contributed by atoms with E-state index in [9.17, 15) is 14.4 Å². The van der Waals surface area contributed by atoms with Crippen LogP contribution < -0.4 is 19.8 Å². The standard InChI is InChI=1S/C33H22ClN3O5/c34-23-11-5-6-12-24(23)37-31(39)28-27-19-7-1-3-9-21(19)33(29(28)32(37)40,22-10-4-2-8-20(22)27)16-35-36-30(38)18-13-14-25-26(15-18)42-17-41-25/h1-16,27-29H,17H2,(H,36,38)/b35-16-. The number of fused-ring (bicyclic) bond motifs is 1. The van der Waals surface area contributed by atoms with Gasteiger partial charge in [0.15, 0.2) is 11.5 Å². The van der Waals surface area contributed by atoms with Crippen LogP contribution in [0.15, 0.2) is 96.1 Å². The highest BCUT2D eigenvalue weighted by Gasteiger charge is 2.68. The summed E-state index contributed by atoms with van der Waals surface area (Å²) in [6, 6.07) is 27.5. The predicted octanol–water partition coefficient (Wildman–Crippen LogP) is 5.04. The maximum Gasteiger partial charge on any atom is 0.271 e. The first kappa shape index (κ1) is 24.8. The highest BCUT2D eigenvalue weighted by Crippen LogP contribution is 2.63. The summed E-state index contributed by atoms with van der Waals surface area (Å²) < 4.78 is 10.7. The van der Waals surface area contributed by atoms with E-state index in [1.807, 2.05) is 48.5 Å². The highest BCUT2D eigenvalue weighted by molar-refractivity contribution is 6.36. The van der Waals surface area contributed by atoms with Gasteiger partial charge in [0.2, 0.25) is 18.6 Å². The number of anilines is 1. The van der Waals surface area contributed by atoms with Crippen molar-refractivity contribution in [3.05, 3.63) is 124 Å². The molecule has 4 aromatic rings. The Hall–Kier alpha value is -4.95. The van der Waals surface area contributed by atoms with E-state index in [1.165, 1.54) is 4.90 Å². The molecule has 3 amide bonds. The number of halogens is 1. The molecule has 0 radical (unpaired) electrons. The zero-order valence-corrected chi connectivity index (χ0v) is 22.7. The Morgan fingerprint density at radius 3 is 2.29 bits per heavy atom. The summed E-state index contributed by atoms with van der Waals surface area (Å²) in [4.78, 5) is 43.0. The summed E-state index contributed by atoms with van der Waals surface area (Å²) in [6.07, 6.45) is 1.63. The minimum absolute atomic E-state index is 0.0986. The summed E-state index contributed by atoms with van der Waals surface area (Å²) in [5.41, 5.74) is 5.93. The van der Waals surface area contributed by atoms with Crippen molar-refractivity contribution < 1.29 is 23.9 Å². The van der Waals surface area contributed by atoms with Gasteiger partial charge in [0, 0.05) is 17.7 Å². The fraction of sp³-hybridized carbons (Fsp3) is 0.152. The van der Waals surface area contributed by atoms with E-state index in [2.05, 4.69) is 10.5 Å². The van der Waals surface area contributed by atoms with Crippen LogP contribution in [0.25, 0.3) is 0 Å². The van der Waals surface area contributed by atoms with Gasteiger partial charge in [0.1, 0.15) is 0 Å². The Morgan fingerprint density at radius 2 is 1.55 bits per heavy atom. The largest absolute Gasteiger partial charge is 0.454 e. The molecule has 1 N–H and O–H groups in total. The second kappa shape index (κ2) is 9.03. The molecule has 2 atom stereocenters. The Morgan fingerprint density at radius 1 is 0.881 bits per heavy atom. The second-order valence-electron chi connectivity index (χ2n) is 10.8. The molecular formula is C33H22ClN3O5. The SMILES string of the molecule is O=C(N/N=C\C12c3ccccc3C(c3ccccc31)C1C(=O)N(c3ccccc3Cl)C(=O)C12)c1ccc2c(c1)OCO2. The molecule has 0 spiro atoms. The van der Waals surface area contributed by atoms with Gasteiger partial charge in [-0.1, -0.05) is 72.3 Å². The average molecular weight is 576 g/mol. The number of hydrogen-bond acceptors (Lipinski definition) is 6. The van der Waals surface area contributed by atoms with Crippen molar-refractivity contribution >= 4 is 41.2 Å². The number of ether oxygens (including phenoxy) is 2. The van der Waals surface area contributed by atoms with Crippen molar-refractivity contribution in [1.29, 1.82) is 0 Å².